The maximum Gasteiger partial charge on any atom is 0.243 e. The van der Waals surface area contributed by atoms with Gasteiger partial charge in [-0.15, -0.1) is 11.3 Å². The molecular weight excluding hydrogens is 330 g/mol. The number of nitrogens with zero attached hydrogens (tertiary/aromatic N) is 2. The van der Waals surface area contributed by atoms with E-state index >= 15 is 0 Å². The molecule has 1 saturated heterocycles. The molecule has 0 saturated carbocycles. The van der Waals surface area contributed by atoms with Crippen molar-refractivity contribution in [2.24, 2.45) is 0 Å². The van der Waals surface area contributed by atoms with Crippen molar-refractivity contribution in [3.63, 3.8) is 0 Å². The Bertz CT molecular complexity index is 713. The van der Waals surface area contributed by atoms with E-state index in [0.717, 1.165) is 4.88 Å². The maximum atomic E-state index is 12.5. The van der Waals surface area contributed by atoms with Crippen LogP contribution in [0.3, 0.4) is 0 Å². The average Bonchev–Trinajstić information content (AvgIpc) is 3.26. The first-order chi connectivity index (χ1) is 11.5. The number of thiophene rings is 1. The molecule has 2 N–H and O–H groups in total. The molecule has 3 rings (SSSR count). The number of aryl methyl sites for hydroxylation is 1. The van der Waals surface area contributed by atoms with Crippen LogP contribution in [0.2, 0.25) is 0 Å². The Morgan fingerprint density at radius 1 is 1.54 bits per heavy atom. The first-order valence-corrected chi connectivity index (χ1v) is 8.60. The van der Waals surface area contributed by atoms with Crippen molar-refractivity contribution in [3.05, 3.63) is 39.9 Å². The lowest BCUT2D eigenvalue weighted by Crippen LogP contribution is -2.46. The topological polar surface area (TPSA) is 95.7 Å². The Balaban J connectivity index is 1.62. The van der Waals surface area contributed by atoms with Crippen molar-refractivity contribution in [1.82, 2.24) is 15.4 Å². The minimum atomic E-state index is -0.692. The number of rotatable bonds is 5. The number of amides is 2. The second-order valence-corrected chi connectivity index (χ2v) is 6.89. The summed E-state index contributed by atoms with van der Waals surface area (Å²) in [6.45, 7) is 2.35. The lowest BCUT2D eigenvalue weighted by molar-refractivity contribution is -0.138. The molecule has 0 unspecified atom stereocenters. The Hall–Kier alpha value is -2.19. The highest BCUT2D eigenvalue weighted by atomic mass is 32.1. The summed E-state index contributed by atoms with van der Waals surface area (Å²) in [7, 11) is 0. The molecule has 1 aliphatic rings. The fraction of sp³-hybridized carbons (Fsp3) is 0.438. The molecule has 0 radical (unpaired) electrons. The van der Waals surface area contributed by atoms with Crippen molar-refractivity contribution in [1.29, 1.82) is 0 Å². The van der Waals surface area contributed by atoms with Gasteiger partial charge < -0.3 is 19.8 Å². The molecule has 0 bridgehead atoms. The van der Waals surface area contributed by atoms with Gasteiger partial charge in [0.1, 0.15) is 11.8 Å². The molecule has 2 atom stereocenters. The van der Waals surface area contributed by atoms with Crippen LogP contribution < -0.4 is 5.32 Å². The van der Waals surface area contributed by atoms with Gasteiger partial charge in [0.2, 0.25) is 11.8 Å². The van der Waals surface area contributed by atoms with E-state index in [4.69, 9.17) is 4.52 Å². The molecule has 0 spiro atoms. The van der Waals surface area contributed by atoms with Gasteiger partial charge in [0, 0.05) is 23.9 Å². The number of aromatic nitrogens is 1. The first-order valence-electron chi connectivity index (χ1n) is 7.72. The summed E-state index contributed by atoms with van der Waals surface area (Å²) in [6.07, 6.45) is -0.414. The van der Waals surface area contributed by atoms with Crippen molar-refractivity contribution in [2.45, 2.75) is 38.5 Å². The van der Waals surface area contributed by atoms with Crippen LogP contribution in [0, 0.1) is 6.92 Å². The largest absolute Gasteiger partial charge is 0.391 e. The number of aliphatic hydroxyl groups is 1. The molecule has 24 heavy (non-hydrogen) atoms. The van der Waals surface area contributed by atoms with Gasteiger partial charge in [-0.3, -0.25) is 9.59 Å². The summed E-state index contributed by atoms with van der Waals surface area (Å²) < 4.78 is 5.05. The maximum absolute atomic E-state index is 12.5. The van der Waals surface area contributed by atoms with Gasteiger partial charge in [-0.25, -0.2) is 0 Å². The Morgan fingerprint density at radius 2 is 2.38 bits per heavy atom. The third kappa shape index (κ3) is 3.82. The van der Waals surface area contributed by atoms with Crippen LogP contribution >= 0.6 is 11.3 Å². The summed E-state index contributed by atoms with van der Waals surface area (Å²) in [5.41, 5.74) is 0.699. The molecule has 8 heteroatoms. The molecule has 1 aliphatic heterocycles. The van der Waals surface area contributed by atoms with Crippen LogP contribution in [0.25, 0.3) is 0 Å². The van der Waals surface area contributed by atoms with E-state index < -0.39 is 12.1 Å². The van der Waals surface area contributed by atoms with Gasteiger partial charge in [0.05, 0.1) is 24.8 Å². The Kier molecular flexibility index (Phi) is 4.96. The lowest BCUT2D eigenvalue weighted by atomic mass is 10.1. The molecule has 0 aliphatic carbocycles. The summed E-state index contributed by atoms with van der Waals surface area (Å²) in [5.74, 6) is -0.0438. The molecule has 7 nitrogen and oxygen atoms in total. The summed E-state index contributed by atoms with van der Waals surface area (Å²) >= 11 is 1.56. The van der Waals surface area contributed by atoms with Crippen LogP contribution in [0.1, 0.15) is 22.8 Å². The summed E-state index contributed by atoms with van der Waals surface area (Å²) in [4.78, 5) is 27.3. The van der Waals surface area contributed by atoms with E-state index in [-0.39, 0.29) is 31.2 Å². The van der Waals surface area contributed by atoms with E-state index in [1.165, 1.54) is 4.90 Å². The quantitative estimate of drug-likeness (QED) is 0.835. The van der Waals surface area contributed by atoms with E-state index in [9.17, 15) is 14.7 Å². The normalized spacial score (nSPS) is 20.3. The number of β-amino-alcohol motifs (C(OH)–C–C–N with tert-alkyl or cyclic N) is 1. The molecular formula is C16H19N3O4S. The smallest absolute Gasteiger partial charge is 0.243 e. The zero-order valence-electron chi connectivity index (χ0n) is 13.3. The van der Waals surface area contributed by atoms with Crippen LogP contribution in [-0.4, -0.2) is 45.7 Å². The fourth-order valence-electron chi connectivity index (χ4n) is 2.79. The molecule has 128 valence electrons. The van der Waals surface area contributed by atoms with Crippen LogP contribution in [0.5, 0.6) is 0 Å². The number of hydrogen-bond donors (Lipinski definition) is 2. The van der Waals surface area contributed by atoms with Crippen molar-refractivity contribution >= 4 is 23.2 Å². The third-order valence-electron chi connectivity index (χ3n) is 3.92. The van der Waals surface area contributed by atoms with Gasteiger partial charge in [-0.1, -0.05) is 11.2 Å². The molecule has 2 aromatic rings. The number of carbonyl (C=O) groups is 2. The van der Waals surface area contributed by atoms with Crippen molar-refractivity contribution in [3.8, 4) is 0 Å². The van der Waals surface area contributed by atoms with Gasteiger partial charge in [-0.2, -0.15) is 0 Å². The van der Waals surface area contributed by atoms with Crippen LogP contribution in [0.4, 0.5) is 0 Å². The van der Waals surface area contributed by atoms with Crippen LogP contribution in [-0.2, 0) is 22.6 Å². The molecule has 3 heterocycles. The molecule has 2 aromatic heterocycles. The molecule has 1 fully saturated rings. The van der Waals surface area contributed by atoms with Gasteiger partial charge in [0.25, 0.3) is 0 Å². The number of nitrogens with one attached hydrogen (secondary N) is 1. The minimum Gasteiger partial charge on any atom is -0.391 e. The average molecular weight is 349 g/mol. The number of aliphatic hydroxyl groups excluding tert-OH is 1. The van der Waals surface area contributed by atoms with E-state index in [2.05, 4.69) is 10.5 Å². The number of carbonyl (C=O) groups excluding carboxylic acids is 2. The molecule has 0 aromatic carbocycles. The number of likely N-dealkylation sites (tertiary alicyclic amines) is 1. The number of hydrogen-bond acceptors (Lipinski definition) is 6. The minimum absolute atomic E-state index is 0.0300. The Labute approximate surface area is 143 Å². The highest BCUT2D eigenvalue weighted by Crippen LogP contribution is 2.20. The van der Waals surface area contributed by atoms with E-state index in [1.54, 1.807) is 24.3 Å². The van der Waals surface area contributed by atoms with Gasteiger partial charge >= 0.3 is 0 Å². The summed E-state index contributed by atoms with van der Waals surface area (Å²) in [5, 5.41) is 18.4. The SMILES string of the molecule is Cc1cc(CC(=O)N2C[C@H](O)C[C@H]2C(=O)NCc2cccs2)on1. The molecule has 2 amide bonds. The predicted molar refractivity (Wildman–Crippen MR) is 87.2 cm³/mol. The standard InChI is InChI=1S/C16H19N3O4S/c1-10-5-12(23-18-10)7-15(21)19-9-11(20)6-14(19)16(22)17-8-13-3-2-4-24-13/h2-5,11,14,20H,6-9H2,1H3,(H,17,22)/t11-,14+/m1/s1. The van der Waals surface area contributed by atoms with E-state index in [0.29, 0.717) is 18.0 Å². The highest BCUT2D eigenvalue weighted by Gasteiger charge is 2.38. The Morgan fingerprint density at radius 3 is 3.04 bits per heavy atom. The lowest BCUT2D eigenvalue weighted by Gasteiger charge is -2.23. The monoisotopic (exact) mass is 349 g/mol. The second-order valence-electron chi connectivity index (χ2n) is 5.86. The van der Waals surface area contributed by atoms with Crippen molar-refractivity contribution < 1.29 is 19.2 Å². The van der Waals surface area contributed by atoms with Gasteiger partial charge in [-0.05, 0) is 18.4 Å². The fourth-order valence-corrected chi connectivity index (χ4v) is 3.44. The highest BCUT2D eigenvalue weighted by molar-refractivity contribution is 7.09. The first kappa shape index (κ1) is 16.7. The summed E-state index contributed by atoms with van der Waals surface area (Å²) in [6, 6.07) is 4.89. The van der Waals surface area contributed by atoms with Crippen molar-refractivity contribution in [2.75, 3.05) is 6.54 Å². The zero-order chi connectivity index (χ0) is 17.1. The predicted octanol–water partition coefficient (Wildman–Crippen LogP) is 0.865. The third-order valence-corrected chi connectivity index (χ3v) is 4.80. The zero-order valence-corrected chi connectivity index (χ0v) is 14.1. The van der Waals surface area contributed by atoms with E-state index in [1.807, 2.05) is 17.5 Å². The van der Waals surface area contributed by atoms with Crippen LogP contribution in [0.15, 0.2) is 28.1 Å². The second kappa shape index (κ2) is 7.14. The van der Waals surface area contributed by atoms with Gasteiger partial charge in [0.15, 0.2) is 0 Å².